The summed E-state index contributed by atoms with van der Waals surface area (Å²) in [6.45, 7) is 11.3. The van der Waals surface area contributed by atoms with Gasteiger partial charge < -0.3 is 24.8 Å². The Morgan fingerprint density at radius 3 is 2.05 bits per heavy atom. The van der Waals surface area contributed by atoms with Crippen molar-refractivity contribution in [2.45, 2.75) is 40.5 Å². The van der Waals surface area contributed by atoms with Gasteiger partial charge in [0.15, 0.2) is 0 Å². The average Bonchev–Trinajstić information content (AvgIpc) is 2.81. The van der Waals surface area contributed by atoms with E-state index in [0.717, 1.165) is 0 Å². The Labute approximate surface area is 165 Å². The Morgan fingerprint density at radius 1 is 0.909 bits per heavy atom. The molecule has 0 nitrogen and oxygen atoms in total. The first-order chi connectivity index (χ1) is 9.02. The van der Waals surface area contributed by atoms with E-state index in [9.17, 15) is 0 Å². The molecule has 1 radical (unpaired) electrons. The van der Waals surface area contributed by atoms with Gasteiger partial charge in [0.1, 0.15) is 0 Å². The van der Waals surface area contributed by atoms with Crippen LogP contribution in [0.15, 0.2) is 29.8 Å². The summed E-state index contributed by atoms with van der Waals surface area (Å²) in [5.74, 6) is 0.462. The molecule has 1 aliphatic carbocycles. The minimum absolute atomic E-state index is 0. The molecule has 0 fully saturated rings. The topological polar surface area (TPSA) is 0 Å². The third-order valence-electron chi connectivity index (χ3n) is 4.93. The van der Waals surface area contributed by atoms with Gasteiger partial charge in [-0.3, -0.25) is 0 Å². The van der Waals surface area contributed by atoms with Crippen LogP contribution in [0.5, 0.6) is 0 Å². The molecule has 0 saturated heterocycles. The number of benzene rings is 1. The van der Waals surface area contributed by atoms with Crippen molar-refractivity contribution in [2.24, 2.45) is 0 Å². The van der Waals surface area contributed by atoms with Crippen LogP contribution in [0.1, 0.15) is 51.8 Å². The second-order valence-corrected chi connectivity index (χ2v) is 5.86. The minimum Gasteiger partial charge on any atom is -1.00 e. The zero-order valence-corrected chi connectivity index (χ0v) is 17.7. The SMILES string of the molecule is CC1=Cc2ccccc2C1c1c(C)c(C)c(C)[c-]1C.[Cl-].[Cl-].[Zr+3]. The molecule has 0 aromatic heterocycles. The Hall–Kier alpha value is -0.227. The van der Waals surface area contributed by atoms with Crippen molar-refractivity contribution in [1.82, 2.24) is 0 Å². The van der Waals surface area contributed by atoms with Gasteiger partial charge in [0.05, 0.1) is 0 Å². The molecule has 2 aromatic carbocycles. The molecule has 1 unspecified atom stereocenters. The quantitative estimate of drug-likeness (QED) is 0.539. The fraction of sp³-hybridized carbons (Fsp3) is 0.316. The van der Waals surface area contributed by atoms with Crippen LogP contribution >= 0.6 is 0 Å². The standard InChI is InChI=1S/C19H21.2ClH.Zr/c1-11-10-16-8-6-7-9-17(16)18(11)19-14(4)12(2)13(3)15(19)5;;;/h6-10,18H,1-5H3;2*1H;/q-1;;;+3/p-2. The molecule has 3 heteroatoms. The summed E-state index contributed by atoms with van der Waals surface area (Å²) in [5.41, 5.74) is 11.7. The number of rotatable bonds is 1. The van der Waals surface area contributed by atoms with Crippen molar-refractivity contribution < 1.29 is 51.0 Å². The van der Waals surface area contributed by atoms with Gasteiger partial charge in [0.2, 0.25) is 0 Å². The molecule has 0 bridgehead atoms. The largest absolute Gasteiger partial charge is 3.00 e. The third-order valence-corrected chi connectivity index (χ3v) is 4.93. The first kappa shape index (κ1) is 21.8. The van der Waals surface area contributed by atoms with Crippen LogP contribution in [0.25, 0.3) is 6.08 Å². The van der Waals surface area contributed by atoms with Crippen LogP contribution in [0.3, 0.4) is 0 Å². The first-order valence-electron chi connectivity index (χ1n) is 7.02. The number of allylic oxidation sites excluding steroid dienone is 1. The predicted octanol–water partition coefficient (Wildman–Crippen LogP) is -0.807. The number of hydrogen-bond donors (Lipinski definition) is 0. The van der Waals surface area contributed by atoms with Gasteiger partial charge in [-0.25, -0.2) is 0 Å². The zero-order valence-electron chi connectivity index (χ0n) is 13.7. The van der Waals surface area contributed by atoms with E-state index in [1.807, 2.05) is 0 Å². The van der Waals surface area contributed by atoms with Gasteiger partial charge in [-0.2, -0.15) is 27.8 Å². The second kappa shape index (κ2) is 8.05. The Balaban J connectivity index is 0.00000147. The Kier molecular flexibility index (Phi) is 7.96. The van der Waals surface area contributed by atoms with E-state index in [-0.39, 0.29) is 51.0 Å². The van der Waals surface area contributed by atoms with Crippen LogP contribution in [0.4, 0.5) is 0 Å². The molecular weight excluding hydrogens is 390 g/mol. The van der Waals surface area contributed by atoms with Crippen molar-refractivity contribution in [3.8, 4) is 0 Å². The van der Waals surface area contributed by atoms with E-state index in [0.29, 0.717) is 5.92 Å². The first-order valence-corrected chi connectivity index (χ1v) is 7.02. The average molecular weight is 412 g/mol. The van der Waals surface area contributed by atoms with Crippen molar-refractivity contribution >= 4 is 6.08 Å². The van der Waals surface area contributed by atoms with E-state index in [1.54, 1.807) is 0 Å². The monoisotopic (exact) mass is 409 g/mol. The number of fused-ring (bicyclic) bond motifs is 1. The smallest absolute Gasteiger partial charge is 1.00 e. The van der Waals surface area contributed by atoms with E-state index < -0.39 is 0 Å². The summed E-state index contributed by atoms with van der Waals surface area (Å²) >= 11 is 0. The predicted molar refractivity (Wildman–Crippen MR) is 82.9 cm³/mol. The van der Waals surface area contributed by atoms with Crippen molar-refractivity contribution in [2.75, 3.05) is 0 Å². The van der Waals surface area contributed by atoms with Gasteiger partial charge in [-0.15, -0.1) is 0 Å². The summed E-state index contributed by atoms with van der Waals surface area (Å²) in [7, 11) is 0. The molecule has 0 N–H and O–H groups in total. The van der Waals surface area contributed by atoms with E-state index in [1.165, 1.54) is 44.5 Å². The van der Waals surface area contributed by atoms with Crippen molar-refractivity contribution in [3.63, 3.8) is 0 Å². The van der Waals surface area contributed by atoms with Gasteiger partial charge in [-0.1, -0.05) is 63.6 Å². The number of halogens is 2. The van der Waals surface area contributed by atoms with Crippen LogP contribution in [-0.4, -0.2) is 0 Å². The minimum atomic E-state index is 0. The van der Waals surface area contributed by atoms with E-state index in [4.69, 9.17) is 0 Å². The van der Waals surface area contributed by atoms with Crippen LogP contribution < -0.4 is 24.8 Å². The van der Waals surface area contributed by atoms with Crippen molar-refractivity contribution in [3.05, 3.63) is 68.8 Å². The molecule has 1 aliphatic rings. The fourth-order valence-corrected chi connectivity index (χ4v) is 3.54. The fourth-order valence-electron chi connectivity index (χ4n) is 3.54. The molecule has 0 heterocycles. The zero-order chi connectivity index (χ0) is 13.7. The molecule has 0 spiro atoms. The maximum Gasteiger partial charge on any atom is 3.00 e. The van der Waals surface area contributed by atoms with Crippen LogP contribution in [0.2, 0.25) is 0 Å². The van der Waals surface area contributed by atoms with E-state index in [2.05, 4.69) is 65.0 Å². The molecule has 3 rings (SSSR count). The number of hydrogen-bond acceptors (Lipinski definition) is 0. The maximum atomic E-state index is 2.34. The van der Waals surface area contributed by atoms with Gasteiger partial charge in [0, 0.05) is 5.92 Å². The molecule has 0 amide bonds. The molecule has 0 saturated carbocycles. The summed E-state index contributed by atoms with van der Waals surface area (Å²) in [6.07, 6.45) is 2.34. The Bertz CT molecular complexity index is 670. The molecular formula is C19H21Cl2Zr. The summed E-state index contributed by atoms with van der Waals surface area (Å²) < 4.78 is 0. The molecule has 22 heavy (non-hydrogen) atoms. The summed E-state index contributed by atoms with van der Waals surface area (Å²) in [6, 6.07) is 8.80. The van der Waals surface area contributed by atoms with Gasteiger partial charge >= 0.3 is 26.2 Å². The molecule has 0 aliphatic heterocycles. The molecule has 115 valence electrons. The molecule has 2 aromatic rings. The van der Waals surface area contributed by atoms with E-state index >= 15 is 0 Å². The van der Waals surface area contributed by atoms with Crippen LogP contribution in [0, 0.1) is 27.7 Å². The van der Waals surface area contributed by atoms with Gasteiger partial charge in [0.25, 0.3) is 0 Å². The third kappa shape index (κ3) is 3.19. The Morgan fingerprint density at radius 2 is 1.50 bits per heavy atom. The summed E-state index contributed by atoms with van der Waals surface area (Å²) in [4.78, 5) is 0. The van der Waals surface area contributed by atoms with Crippen molar-refractivity contribution in [1.29, 1.82) is 0 Å². The second-order valence-electron chi connectivity index (χ2n) is 5.86. The normalized spacial score (nSPS) is 15.1. The van der Waals surface area contributed by atoms with Crippen LogP contribution in [-0.2, 0) is 26.2 Å². The van der Waals surface area contributed by atoms with Gasteiger partial charge in [-0.05, 0) is 18.1 Å². The maximum absolute atomic E-state index is 2.34. The molecule has 1 atom stereocenters. The summed E-state index contributed by atoms with van der Waals surface area (Å²) in [5, 5.41) is 0.